The van der Waals surface area contributed by atoms with Crippen molar-refractivity contribution in [2.45, 2.75) is 71.1 Å². The molecule has 0 aromatic heterocycles. The summed E-state index contributed by atoms with van der Waals surface area (Å²) in [7, 11) is -1.90. The molecular formula is C27H38FNO2Si. The maximum atomic E-state index is 13.9. The SMILES string of the molecule is C[C@H](c1ccccc1)N1CCC(CCO[Si](C)(C)C(C)(C)C)(Cc2ccc(F)cc2)C1=O. The van der Waals surface area contributed by atoms with Crippen LogP contribution in [0.15, 0.2) is 54.6 Å². The lowest BCUT2D eigenvalue weighted by Crippen LogP contribution is -2.43. The number of rotatable bonds is 8. The molecule has 3 nitrogen and oxygen atoms in total. The molecule has 3 rings (SSSR count). The fraction of sp³-hybridized carbons (Fsp3) is 0.519. The van der Waals surface area contributed by atoms with Crippen LogP contribution in [0.2, 0.25) is 18.1 Å². The lowest BCUT2D eigenvalue weighted by Gasteiger charge is -2.37. The van der Waals surface area contributed by atoms with Gasteiger partial charge in [-0.1, -0.05) is 63.2 Å². The summed E-state index contributed by atoms with van der Waals surface area (Å²) >= 11 is 0. The fourth-order valence-electron chi connectivity index (χ4n) is 4.32. The first-order chi connectivity index (χ1) is 15.0. The van der Waals surface area contributed by atoms with Gasteiger partial charge in [0.2, 0.25) is 5.91 Å². The van der Waals surface area contributed by atoms with E-state index in [0.29, 0.717) is 19.4 Å². The standard InChI is InChI=1S/C27H38FNO2Si/c1-21(23-10-8-7-9-11-23)29-18-16-27(25(29)30,20-22-12-14-24(28)15-13-22)17-19-31-32(5,6)26(2,3)4/h7-15,21H,16-20H2,1-6H3/t21-,27?/m1/s1. The number of likely N-dealkylation sites (tertiary alicyclic amines) is 1. The molecule has 2 aromatic carbocycles. The summed E-state index contributed by atoms with van der Waals surface area (Å²) in [4.78, 5) is 15.9. The van der Waals surface area contributed by atoms with Crippen LogP contribution in [0.25, 0.3) is 0 Å². The Labute approximate surface area is 194 Å². The Balaban J connectivity index is 1.82. The van der Waals surface area contributed by atoms with Crippen molar-refractivity contribution in [1.29, 1.82) is 0 Å². The molecule has 2 aromatic rings. The third-order valence-electron chi connectivity index (χ3n) is 7.60. The Bertz CT molecular complexity index is 908. The molecule has 174 valence electrons. The number of benzene rings is 2. The van der Waals surface area contributed by atoms with Gasteiger partial charge >= 0.3 is 0 Å². The Kier molecular flexibility index (Phi) is 7.30. The highest BCUT2D eigenvalue weighted by Gasteiger charge is 2.48. The average molecular weight is 456 g/mol. The highest BCUT2D eigenvalue weighted by molar-refractivity contribution is 6.74. The van der Waals surface area contributed by atoms with Gasteiger partial charge in [0, 0.05) is 13.2 Å². The minimum absolute atomic E-state index is 0.0279. The molecule has 0 aliphatic carbocycles. The van der Waals surface area contributed by atoms with Crippen LogP contribution in [0.4, 0.5) is 4.39 Å². The Morgan fingerprint density at radius 3 is 2.31 bits per heavy atom. The maximum absolute atomic E-state index is 13.9. The molecule has 0 spiro atoms. The zero-order valence-corrected chi connectivity index (χ0v) is 21.5. The van der Waals surface area contributed by atoms with Crippen LogP contribution in [0.5, 0.6) is 0 Å². The highest BCUT2D eigenvalue weighted by atomic mass is 28.4. The third-order valence-corrected chi connectivity index (χ3v) is 12.1. The number of halogens is 1. The van der Waals surface area contributed by atoms with Gasteiger partial charge in [0.1, 0.15) is 5.82 Å². The lowest BCUT2D eigenvalue weighted by molar-refractivity contribution is -0.138. The van der Waals surface area contributed by atoms with Gasteiger partial charge in [-0.15, -0.1) is 0 Å². The Morgan fingerprint density at radius 2 is 1.72 bits per heavy atom. The van der Waals surface area contributed by atoms with Gasteiger partial charge in [-0.05, 0) is 67.6 Å². The second kappa shape index (κ2) is 9.48. The molecule has 0 N–H and O–H groups in total. The topological polar surface area (TPSA) is 29.5 Å². The predicted octanol–water partition coefficient (Wildman–Crippen LogP) is 6.76. The van der Waals surface area contributed by atoms with Crippen molar-refractivity contribution in [3.05, 3.63) is 71.5 Å². The second-order valence-corrected chi connectivity index (χ2v) is 15.6. The van der Waals surface area contributed by atoms with Crippen LogP contribution in [0.1, 0.15) is 57.7 Å². The first-order valence-electron chi connectivity index (χ1n) is 11.7. The highest BCUT2D eigenvalue weighted by Crippen LogP contribution is 2.43. The summed E-state index contributed by atoms with van der Waals surface area (Å²) in [5.74, 6) is -0.0573. The number of hydrogen-bond acceptors (Lipinski definition) is 2. The molecular weight excluding hydrogens is 417 g/mol. The quantitative estimate of drug-likeness (QED) is 0.412. The van der Waals surface area contributed by atoms with E-state index in [4.69, 9.17) is 4.43 Å². The van der Waals surface area contributed by atoms with E-state index >= 15 is 0 Å². The first kappa shape index (κ1) is 24.7. The molecule has 1 aliphatic heterocycles. The number of carbonyl (C=O) groups is 1. The van der Waals surface area contributed by atoms with Crippen LogP contribution in [0.3, 0.4) is 0 Å². The van der Waals surface area contributed by atoms with Crippen molar-refractivity contribution >= 4 is 14.2 Å². The lowest BCUT2D eigenvalue weighted by atomic mass is 9.77. The zero-order valence-electron chi connectivity index (χ0n) is 20.5. The molecule has 1 heterocycles. The van der Waals surface area contributed by atoms with Crippen LogP contribution >= 0.6 is 0 Å². The van der Waals surface area contributed by atoms with Gasteiger partial charge in [0.05, 0.1) is 11.5 Å². The molecule has 0 radical (unpaired) electrons. The summed E-state index contributed by atoms with van der Waals surface area (Å²) in [5.41, 5.74) is 1.64. The van der Waals surface area contributed by atoms with Crippen molar-refractivity contribution in [3.63, 3.8) is 0 Å². The van der Waals surface area contributed by atoms with Crippen molar-refractivity contribution in [3.8, 4) is 0 Å². The normalized spacial score (nSPS) is 20.6. The van der Waals surface area contributed by atoms with Gasteiger partial charge in [0.25, 0.3) is 0 Å². The second-order valence-electron chi connectivity index (χ2n) is 10.8. The molecule has 1 fully saturated rings. The van der Waals surface area contributed by atoms with Crippen LogP contribution in [-0.4, -0.2) is 32.3 Å². The summed E-state index contributed by atoms with van der Waals surface area (Å²) < 4.78 is 20.0. The third kappa shape index (κ3) is 5.32. The molecule has 1 unspecified atom stereocenters. The minimum atomic E-state index is -1.90. The molecule has 0 saturated carbocycles. The van der Waals surface area contributed by atoms with Gasteiger partial charge < -0.3 is 9.33 Å². The average Bonchev–Trinajstić information content (AvgIpc) is 3.05. The molecule has 1 saturated heterocycles. The monoisotopic (exact) mass is 455 g/mol. The molecule has 0 bridgehead atoms. The van der Waals surface area contributed by atoms with Gasteiger partial charge in [-0.25, -0.2) is 4.39 Å². The molecule has 32 heavy (non-hydrogen) atoms. The van der Waals surface area contributed by atoms with Crippen molar-refractivity contribution in [2.75, 3.05) is 13.2 Å². The van der Waals surface area contributed by atoms with Crippen LogP contribution in [0, 0.1) is 11.2 Å². The molecule has 1 aliphatic rings. The first-order valence-corrected chi connectivity index (χ1v) is 14.6. The zero-order chi connectivity index (χ0) is 23.6. The summed E-state index contributed by atoms with van der Waals surface area (Å²) in [5, 5.41) is 0.130. The minimum Gasteiger partial charge on any atom is -0.417 e. The number of hydrogen-bond donors (Lipinski definition) is 0. The summed E-state index contributed by atoms with van der Waals surface area (Å²) in [6.45, 7) is 14.6. The molecule has 2 atom stereocenters. The van der Waals surface area contributed by atoms with Crippen LogP contribution in [-0.2, 0) is 15.6 Å². The summed E-state index contributed by atoms with van der Waals surface area (Å²) in [6, 6.07) is 16.8. The van der Waals surface area contributed by atoms with E-state index in [-0.39, 0.29) is 22.8 Å². The Hall–Kier alpha value is -1.98. The van der Waals surface area contributed by atoms with Crippen molar-refractivity contribution in [1.82, 2.24) is 4.90 Å². The number of carbonyl (C=O) groups excluding carboxylic acids is 1. The van der Waals surface area contributed by atoms with Gasteiger partial charge in [0.15, 0.2) is 8.32 Å². The van der Waals surface area contributed by atoms with Crippen molar-refractivity contribution in [2.24, 2.45) is 5.41 Å². The fourth-order valence-corrected chi connectivity index (χ4v) is 5.37. The summed E-state index contributed by atoms with van der Waals surface area (Å²) in [6.07, 6.45) is 2.10. The van der Waals surface area contributed by atoms with E-state index in [1.807, 2.05) is 35.2 Å². The maximum Gasteiger partial charge on any atom is 0.229 e. The molecule has 5 heteroatoms. The van der Waals surface area contributed by atoms with E-state index in [0.717, 1.165) is 24.1 Å². The largest absolute Gasteiger partial charge is 0.417 e. The van der Waals surface area contributed by atoms with E-state index in [9.17, 15) is 9.18 Å². The van der Waals surface area contributed by atoms with E-state index in [1.54, 1.807) is 0 Å². The number of amides is 1. The predicted molar refractivity (Wildman–Crippen MR) is 131 cm³/mol. The number of nitrogens with zero attached hydrogens (tertiary/aromatic N) is 1. The van der Waals surface area contributed by atoms with E-state index in [2.05, 4.69) is 52.9 Å². The molecule has 1 amide bonds. The van der Waals surface area contributed by atoms with Crippen molar-refractivity contribution < 1.29 is 13.6 Å². The smallest absolute Gasteiger partial charge is 0.229 e. The van der Waals surface area contributed by atoms with E-state index in [1.165, 1.54) is 12.1 Å². The van der Waals surface area contributed by atoms with E-state index < -0.39 is 13.7 Å². The van der Waals surface area contributed by atoms with Crippen LogP contribution < -0.4 is 0 Å². The van der Waals surface area contributed by atoms with Gasteiger partial charge in [-0.3, -0.25) is 4.79 Å². The Morgan fingerprint density at radius 1 is 1.09 bits per heavy atom. The van der Waals surface area contributed by atoms with Gasteiger partial charge in [-0.2, -0.15) is 0 Å².